The van der Waals surface area contributed by atoms with Gasteiger partial charge >= 0.3 is 0 Å². The third-order valence-corrected chi connectivity index (χ3v) is 2.96. The first-order valence-corrected chi connectivity index (χ1v) is 6.17. The summed E-state index contributed by atoms with van der Waals surface area (Å²) >= 11 is 0. The van der Waals surface area contributed by atoms with Crippen molar-refractivity contribution in [3.8, 4) is 0 Å². The highest BCUT2D eigenvalue weighted by Crippen LogP contribution is 2.21. The molecular weight excluding hydrogens is 256 g/mol. The van der Waals surface area contributed by atoms with Crippen molar-refractivity contribution in [2.45, 2.75) is 20.3 Å². The van der Waals surface area contributed by atoms with E-state index in [1.165, 1.54) is 6.07 Å². The highest BCUT2D eigenvalue weighted by atomic mass is 16.6. The zero-order valence-electron chi connectivity index (χ0n) is 11.3. The Morgan fingerprint density at radius 3 is 2.50 bits per heavy atom. The molecule has 0 spiro atoms. The fourth-order valence-corrected chi connectivity index (χ4v) is 1.90. The third kappa shape index (κ3) is 3.06. The minimum absolute atomic E-state index is 0.0601. The molecule has 0 atom stereocenters. The molecule has 0 bridgehead atoms. The van der Waals surface area contributed by atoms with Crippen LogP contribution in [0.2, 0.25) is 0 Å². The monoisotopic (exact) mass is 270 g/mol. The predicted octanol–water partition coefficient (Wildman–Crippen LogP) is 3.03. The maximum Gasteiger partial charge on any atom is 0.280 e. The molecule has 0 radical (unpaired) electrons. The van der Waals surface area contributed by atoms with E-state index in [1.54, 1.807) is 31.3 Å². The molecule has 2 aromatic rings. The van der Waals surface area contributed by atoms with Gasteiger partial charge in [-0.25, -0.2) is 0 Å². The van der Waals surface area contributed by atoms with E-state index in [4.69, 9.17) is 0 Å². The Labute approximate surface area is 116 Å². The standard InChI is InChI=1S/C15H14N2O3/c1-10-4-6-14(17(19)20)13(7-10)15(18)8-12-5-3-11(2)9-16-12/h3-7,9H,8H2,1-2H3. The molecule has 0 aliphatic rings. The number of ketones is 1. The lowest BCUT2D eigenvalue weighted by Crippen LogP contribution is -2.08. The van der Waals surface area contributed by atoms with E-state index >= 15 is 0 Å². The van der Waals surface area contributed by atoms with Gasteiger partial charge in [-0.2, -0.15) is 0 Å². The number of nitrogens with zero attached hydrogens (tertiary/aromatic N) is 2. The Morgan fingerprint density at radius 1 is 1.20 bits per heavy atom. The lowest BCUT2D eigenvalue weighted by Gasteiger charge is -2.04. The van der Waals surface area contributed by atoms with E-state index in [0.29, 0.717) is 5.69 Å². The van der Waals surface area contributed by atoms with Crippen molar-refractivity contribution >= 4 is 11.5 Å². The summed E-state index contributed by atoms with van der Waals surface area (Å²) in [5.74, 6) is -0.295. The van der Waals surface area contributed by atoms with Crippen molar-refractivity contribution in [2.24, 2.45) is 0 Å². The minimum atomic E-state index is -0.532. The molecule has 2 rings (SSSR count). The first kappa shape index (κ1) is 13.9. The van der Waals surface area contributed by atoms with Crippen LogP contribution in [0.3, 0.4) is 0 Å². The average molecular weight is 270 g/mol. The highest BCUT2D eigenvalue weighted by Gasteiger charge is 2.20. The molecule has 0 aliphatic carbocycles. The minimum Gasteiger partial charge on any atom is -0.293 e. The van der Waals surface area contributed by atoms with Crippen LogP contribution in [0.15, 0.2) is 36.5 Å². The molecule has 1 aromatic carbocycles. The van der Waals surface area contributed by atoms with E-state index in [-0.39, 0.29) is 23.5 Å². The van der Waals surface area contributed by atoms with Crippen LogP contribution in [0.4, 0.5) is 5.69 Å². The fourth-order valence-electron chi connectivity index (χ4n) is 1.90. The van der Waals surface area contributed by atoms with E-state index < -0.39 is 4.92 Å². The number of carbonyl (C=O) groups excluding carboxylic acids is 1. The van der Waals surface area contributed by atoms with Crippen LogP contribution in [0, 0.1) is 24.0 Å². The van der Waals surface area contributed by atoms with Crippen molar-refractivity contribution in [1.82, 2.24) is 4.98 Å². The van der Waals surface area contributed by atoms with E-state index in [0.717, 1.165) is 11.1 Å². The first-order chi connectivity index (χ1) is 9.47. The molecule has 5 nitrogen and oxygen atoms in total. The SMILES string of the molecule is Cc1ccc(CC(=O)c2cc(C)ccc2[N+](=O)[O-])nc1. The Bertz CT molecular complexity index is 663. The van der Waals surface area contributed by atoms with Crippen molar-refractivity contribution in [1.29, 1.82) is 0 Å². The van der Waals surface area contributed by atoms with E-state index in [2.05, 4.69) is 4.98 Å². The summed E-state index contributed by atoms with van der Waals surface area (Å²) < 4.78 is 0. The molecule has 0 saturated carbocycles. The summed E-state index contributed by atoms with van der Waals surface area (Å²) in [6.07, 6.45) is 1.73. The molecule has 102 valence electrons. The molecular formula is C15H14N2O3. The number of pyridine rings is 1. The number of hydrogen-bond donors (Lipinski definition) is 0. The van der Waals surface area contributed by atoms with Crippen LogP contribution in [-0.2, 0) is 6.42 Å². The first-order valence-electron chi connectivity index (χ1n) is 6.17. The normalized spacial score (nSPS) is 10.3. The van der Waals surface area contributed by atoms with Gasteiger partial charge < -0.3 is 0 Å². The lowest BCUT2D eigenvalue weighted by atomic mass is 10.0. The van der Waals surface area contributed by atoms with Crippen LogP contribution in [0.1, 0.15) is 27.2 Å². The smallest absolute Gasteiger partial charge is 0.280 e. The average Bonchev–Trinajstić information content (AvgIpc) is 2.41. The van der Waals surface area contributed by atoms with Gasteiger partial charge in [0.15, 0.2) is 5.78 Å². The number of hydrogen-bond acceptors (Lipinski definition) is 4. The Kier molecular flexibility index (Phi) is 3.89. The van der Waals surface area contributed by atoms with Crippen LogP contribution in [0.25, 0.3) is 0 Å². The third-order valence-electron chi connectivity index (χ3n) is 2.96. The number of aryl methyl sites for hydroxylation is 2. The van der Waals surface area contributed by atoms with Crippen molar-refractivity contribution in [3.05, 3.63) is 69.0 Å². The van der Waals surface area contributed by atoms with Gasteiger partial charge in [-0.3, -0.25) is 19.9 Å². The van der Waals surface area contributed by atoms with Crippen LogP contribution in [-0.4, -0.2) is 15.7 Å². The van der Waals surface area contributed by atoms with E-state index in [1.807, 2.05) is 13.0 Å². The van der Waals surface area contributed by atoms with Crippen LogP contribution >= 0.6 is 0 Å². The second-order valence-corrected chi connectivity index (χ2v) is 4.70. The number of nitro benzene ring substituents is 1. The number of carbonyl (C=O) groups is 1. The molecule has 0 aliphatic heterocycles. The van der Waals surface area contributed by atoms with Crippen molar-refractivity contribution in [3.63, 3.8) is 0 Å². The molecule has 1 heterocycles. The molecule has 0 N–H and O–H groups in total. The second-order valence-electron chi connectivity index (χ2n) is 4.70. The predicted molar refractivity (Wildman–Crippen MR) is 74.8 cm³/mol. The highest BCUT2D eigenvalue weighted by molar-refractivity contribution is 6.01. The van der Waals surface area contributed by atoms with Gasteiger partial charge in [0, 0.05) is 18.0 Å². The van der Waals surface area contributed by atoms with Gasteiger partial charge in [0.2, 0.25) is 0 Å². The van der Waals surface area contributed by atoms with Crippen LogP contribution < -0.4 is 0 Å². The molecule has 5 heteroatoms. The van der Waals surface area contributed by atoms with Gasteiger partial charge in [0.05, 0.1) is 16.9 Å². The molecule has 0 saturated heterocycles. The van der Waals surface area contributed by atoms with Gasteiger partial charge in [-0.15, -0.1) is 0 Å². The van der Waals surface area contributed by atoms with Crippen LogP contribution in [0.5, 0.6) is 0 Å². The van der Waals surface area contributed by atoms with Gasteiger partial charge in [0.25, 0.3) is 5.69 Å². The van der Waals surface area contributed by atoms with Crippen molar-refractivity contribution in [2.75, 3.05) is 0 Å². The molecule has 1 aromatic heterocycles. The summed E-state index contributed by atoms with van der Waals surface area (Å²) in [6.45, 7) is 3.70. The Hall–Kier alpha value is -2.56. The summed E-state index contributed by atoms with van der Waals surface area (Å²) in [7, 11) is 0. The number of nitro groups is 1. The topological polar surface area (TPSA) is 73.1 Å². The zero-order valence-corrected chi connectivity index (χ0v) is 11.3. The Balaban J connectivity index is 2.31. The molecule has 0 amide bonds. The quantitative estimate of drug-likeness (QED) is 0.486. The summed E-state index contributed by atoms with van der Waals surface area (Å²) in [5.41, 5.74) is 2.40. The fraction of sp³-hybridized carbons (Fsp3) is 0.200. The Morgan fingerprint density at radius 2 is 1.90 bits per heavy atom. The molecule has 0 fully saturated rings. The maximum atomic E-state index is 12.2. The maximum absolute atomic E-state index is 12.2. The molecule has 20 heavy (non-hydrogen) atoms. The summed E-state index contributed by atoms with van der Waals surface area (Å²) in [5, 5.41) is 11.0. The summed E-state index contributed by atoms with van der Waals surface area (Å²) in [6, 6.07) is 8.16. The molecule has 0 unspecified atom stereocenters. The summed E-state index contributed by atoms with van der Waals surface area (Å²) in [4.78, 5) is 26.8. The number of benzene rings is 1. The van der Waals surface area contributed by atoms with Gasteiger partial charge in [0.1, 0.15) is 0 Å². The lowest BCUT2D eigenvalue weighted by molar-refractivity contribution is -0.385. The van der Waals surface area contributed by atoms with Gasteiger partial charge in [-0.1, -0.05) is 12.1 Å². The second kappa shape index (κ2) is 5.61. The zero-order chi connectivity index (χ0) is 14.7. The number of rotatable bonds is 4. The van der Waals surface area contributed by atoms with Gasteiger partial charge in [-0.05, 0) is 37.1 Å². The van der Waals surface area contributed by atoms with Crippen molar-refractivity contribution < 1.29 is 9.72 Å². The van der Waals surface area contributed by atoms with E-state index in [9.17, 15) is 14.9 Å². The number of aromatic nitrogens is 1. The largest absolute Gasteiger partial charge is 0.293 e. The number of Topliss-reactive ketones (excluding diaryl/α,β-unsaturated/α-hetero) is 1.